The molecular formula is C17H14N2O4S. The second kappa shape index (κ2) is 5.93. The highest BCUT2D eigenvalue weighted by atomic mass is 32.1. The van der Waals surface area contributed by atoms with Crippen LogP contribution in [0.3, 0.4) is 0 Å². The molecule has 3 aromatic rings. The van der Waals surface area contributed by atoms with Crippen LogP contribution in [0.5, 0.6) is 5.75 Å². The highest BCUT2D eigenvalue weighted by Crippen LogP contribution is 2.31. The molecule has 0 aliphatic rings. The Bertz CT molecular complexity index is 1020. The van der Waals surface area contributed by atoms with Crippen LogP contribution < -0.4 is 10.9 Å². The minimum atomic E-state index is -0.695. The lowest BCUT2D eigenvalue weighted by atomic mass is 10.1. The number of carbonyl (C=O) groups excluding carboxylic acids is 2. The number of aryl methyl sites for hydroxylation is 1. The maximum absolute atomic E-state index is 12.4. The quantitative estimate of drug-likeness (QED) is 0.716. The van der Waals surface area contributed by atoms with Crippen molar-refractivity contribution in [3.63, 3.8) is 0 Å². The summed E-state index contributed by atoms with van der Waals surface area (Å²) in [6.07, 6.45) is 0. The third-order valence-corrected chi connectivity index (χ3v) is 4.66. The molecule has 122 valence electrons. The van der Waals surface area contributed by atoms with Crippen LogP contribution in [0, 0.1) is 0 Å². The fourth-order valence-electron chi connectivity index (χ4n) is 2.42. The Balaban J connectivity index is 2.00. The van der Waals surface area contributed by atoms with Gasteiger partial charge in [0.2, 0.25) is 0 Å². The number of aromatic nitrogens is 1. The number of hydrogen-bond acceptors (Lipinski definition) is 5. The van der Waals surface area contributed by atoms with Gasteiger partial charge in [-0.2, -0.15) is 0 Å². The fourth-order valence-corrected chi connectivity index (χ4v) is 3.29. The smallest absolute Gasteiger partial charge is 0.267 e. The summed E-state index contributed by atoms with van der Waals surface area (Å²) in [6, 6.07) is 8.01. The van der Waals surface area contributed by atoms with Crippen molar-refractivity contribution in [1.82, 2.24) is 4.57 Å². The predicted octanol–water partition coefficient (Wildman–Crippen LogP) is 2.76. The molecule has 2 heterocycles. The lowest BCUT2D eigenvalue weighted by Gasteiger charge is -2.10. The Labute approximate surface area is 141 Å². The largest absolute Gasteiger partial charge is 0.505 e. The molecule has 0 saturated carbocycles. The molecule has 0 aliphatic heterocycles. The second-order valence-corrected chi connectivity index (χ2v) is 6.23. The molecule has 0 spiro atoms. The number of benzene rings is 1. The van der Waals surface area contributed by atoms with E-state index in [1.807, 2.05) is 0 Å². The summed E-state index contributed by atoms with van der Waals surface area (Å²) in [5.74, 6) is -1.09. The van der Waals surface area contributed by atoms with Gasteiger partial charge in [-0.3, -0.25) is 14.4 Å². The van der Waals surface area contributed by atoms with E-state index < -0.39 is 11.5 Å². The highest BCUT2D eigenvalue weighted by molar-refractivity contribution is 7.17. The molecule has 2 N–H and O–H groups in total. The summed E-state index contributed by atoms with van der Waals surface area (Å²) in [4.78, 5) is 36.1. The SMILES string of the molecule is CC(=O)c1ccc(NC(=O)c2c(O)c3sccc3n(C)c2=O)cc1. The van der Waals surface area contributed by atoms with Crippen LogP contribution in [0.25, 0.3) is 10.2 Å². The molecule has 0 saturated heterocycles. The van der Waals surface area contributed by atoms with Gasteiger partial charge in [-0.15, -0.1) is 11.3 Å². The minimum Gasteiger partial charge on any atom is -0.505 e. The number of nitrogens with one attached hydrogen (secondary N) is 1. The van der Waals surface area contributed by atoms with Crippen molar-refractivity contribution in [3.8, 4) is 5.75 Å². The van der Waals surface area contributed by atoms with E-state index in [-0.39, 0.29) is 17.1 Å². The van der Waals surface area contributed by atoms with Crippen molar-refractivity contribution >= 4 is 38.9 Å². The first kappa shape index (κ1) is 15.9. The number of aromatic hydroxyl groups is 1. The van der Waals surface area contributed by atoms with Gasteiger partial charge in [-0.25, -0.2) is 0 Å². The van der Waals surface area contributed by atoms with E-state index in [4.69, 9.17) is 0 Å². The molecule has 3 rings (SSSR count). The summed E-state index contributed by atoms with van der Waals surface area (Å²) in [7, 11) is 1.55. The van der Waals surface area contributed by atoms with Crippen LogP contribution >= 0.6 is 11.3 Å². The first-order valence-corrected chi connectivity index (χ1v) is 7.99. The molecule has 1 amide bonds. The lowest BCUT2D eigenvalue weighted by molar-refractivity contribution is 0.101. The minimum absolute atomic E-state index is 0.0810. The van der Waals surface area contributed by atoms with E-state index in [1.165, 1.54) is 22.8 Å². The zero-order valence-electron chi connectivity index (χ0n) is 13.0. The van der Waals surface area contributed by atoms with E-state index in [1.54, 1.807) is 42.8 Å². The van der Waals surface area contributed by atoms with Crippen LogP contribution in [0.4, 0.5) is 5.69 Å². The molecule has 0 fully saturated rings. The average molecular weight is 342 g/mol. The van der Waals surface area contributed by atoms with Gasteiger partial charge in [0, 0.05) is 18.3 Å². The molecule has 0 atom stereocenters. The molecule has 0 aliphatic carbocycles. The Kier molecular flexibility index (Phi) is 3.94. The number of pyridine rings is 1. The number of carbonyl (C=O) groups is 2. The number of Topliss-reactive ketones (excluding diaryl/α,β-unsaturated/α-hetero) is 1. The van der Waals surface area contributed by atoms with Gasteiger partial charge < -0.3 is 15.0 Å². The number of hydrogen-bond donors (Lipinski definition) is 2. The van der Waals surface area contributed by atoms with Gasteiger partial charge >= 0.3 is 0 Å². The molecular weight excluding hydrogens is 328 g/mol. The molecule has 1 aromatic carbocycles. The van der Waals surface area contributed by atoms with E-state index in [0.29, 0.717) is 21.5 Å². The van der Waals surface area contributed by atoms with E-state index >= 15 is 0 Å². The van der Waals surface area contributed by atoms with Crippen molar-refractivity contribution in [2.75, 3.05) is 5.32 Å². The first-order chi connectivity index (χ1) is 11.4. The van der Waals surface area contributed by atoms with Crippen LogP contribution in [0.15, 0.2) is 40.5 Å². The topological polar surface area (TPSA) is 88.4 Å². The van der Waals surface area contributed by atoms with Gasteiger partial charge in [0.25, 0.3) is 11.5 Å². The van der Waals surface area contributed by atoms with Crippen LogP contribution in [-0.2, 0) is 7.05 Å². The van der Waals surface area contributed by atoms with Gasteiger partial charge in [0.1, 0.15) is 5.56 Å². The second-order valence-electron chi connectivity index (χ2n) is 5.31. The Morgan fingerprint density at radius 2 is 1.83 bits per heavy atom. The average Bonchev–Trinajstić information content (AvgIpc) is 3.03. The molecule has 24 heavy (non-hydrogen) atoms. The molecule has 0 radical (unpaired) electrons. The molecule has 7 heteroatoms. The Morgan fingerprint density at radius 3 is 2.46 bits per heavy atom. The predicted molar refractivity (Wildman–Crippen MR) is 93.1 cm³/mol. The summed E-state index contributed by atoms with van der Waals surface area (Å²) in [5.41, 5.74) is 0.647. The van der Waals surface area contributed by atoms with E-state index in [9.17, 15) is 19.5 Å². The van der Waals surface area contributed by atoms with Gasteiger partial charge in [0.05, 0.1) is 10.2 Å². The van der Waals surface area contributed by atoms with Crippen LogP contribution in [0.1, 0.15) is 27.6 Å². The zero-order valence-corrected chi connectivity index (χ0v) is 13.8. The third-order valence-electron chi connectivity index (χ3n) is 3.75. The molecule has 0 unspecified atom stereocenters. The van der Waals surface area contributed by atoms with Crippen molar-refractivity contribution in [2.45, 2.75) is 6.92 Å². The van der Waals surface area contributed by atoms with Gasteiger partial charge in [-0.1, -0.05) is 0 Å². The third kappa shape index (κ3) is 2.59. The Morgan fingerprint density at radius 1 is 1.17 bits per heavy atom. The maximum Gasteiger partial charge on any atom is 0.267 e. The monoisotopic (exact) mass is 342 g/mol. The molecule has 2 aromatic heterocycles. The van der Waals surface area contributed by atoms with Crippen molar-refractivity contribution in [2.24, 2.45) is 7.05 Å². The fraction of sp³-hybridized carbons (Fsp3) is 0.118. The lowest BCUT2D eigenvalue weighted by Crippen LogP contribution is -2.27. The number of rotatable bonds is 3. The first-order valence-electron chi connectivity index (χ1n) is 7.11. The maximum atomic E-state index is 12.4. The Hall–Kier alpha value is -2.93. The highest BCUT2D eigenvalue weighted by Gasteiger charge is 2.22. The van der Waals surface area contributed by atoms with E-state index in [2.05, 4.69) is 5.32 Å². The number of fused-ring (bicyclic) bond motifs is 1. The van der Waals surface area contributed by atoms with Gasteiger partial charge in [-0.05, 0) is 42.6 Å². The number of nitrogens with zero attached hydrogens (tertiary/aromatic N) is 1. The number of ketones is 1. The van der Waals surface area contributed by atoms with E-state index in [0.717, 1.165) is 0 Å². The normalized spacial score (nSPS) is 10.8. The summed E-state index contributed by atoms with van der Waals surface area (Å²) in [6.45, 7) is 1.45. The zero-order chi connectivity index (χ0) is 17.4. The van der Waals surface area contributed by atoms with Crippen molar-refractivity contribution in [1.29, 1.82) is 0 Å². The molecule has 0 bridgehead atoms. The van der Waals surface area contributed by atoms with Crippen LogP contribution in [-0.4, -0.2) is 21.4 Å². The van der Waals surface area contributed by atoms with Crippen molar-refractivity contribution < 1.29 is 14.7 Å². The number of anilines is 1. The summed E-state index contributed by atoms with van der Waals surface area (Å²) < 4.78 is 1.81. The molecule has 6 nitrogen and oxygen atoms in total. The van der Waals surface area contributed by atoms with Gasteiger partial charge in [0.15, 0.2) is 11.5 Å². The standard InChI is InChI=1S/C17H14N2O4S/c1-9(20)10-3-5-11(6-4-10)18-16(22)13-14(21)15-12(7-8-24-15)19(2)17(13)23/h3-8,21H,1-2H3,(H,18,22). The van der Waals surface area contributed by atoms with Crippen LogP contribution in [0.2, 0.25) is 0 Å². The summed E-state index contributed by atoms with van der Waals surface area (Å²) in [5, 5.41) is 14.6. The number of amides is 1. The number of thiophene rings is 1. The summed E-state index contributed by atoms with van der Waals surface area (Å²) >= 11 is 1.25. The van der Waals surface area contributed by atoms with Crippen molar-refractivity contribution in [3.05, 3.63) is 57.2 Å².